The van der Waals surface area contributed by atoms with E-state index < -0.39 is 5.60 Å². The van der Waals surface area contributed by atoms with Crippen molar-refractivity contribution in [3.8, 4) is 5.75 Å². The monoisotopic (exact) mass is 693 g/mol. The summed E-state index contributed by atoms with van der Waals surface area (Å²) in [4.78, 5) is 20.4. The number of fused-ring (bicyclic) bond motifs is 2. The van der Waals surface area contributed by atoms with Crippen molar-refractivity contribution in [1.82, 2.24) is 14.5 Å². The Morgan fingerprint density at radius 2 is 1.74 bits per heavy atom. The van der Waals surface area contributed by atoms with Crippen LogP contribution in [0.25, 0.3) is 11.0 Å². The highest BCUT2D eigenvalue weighted by Gasteiger charge is 2.26. The van der Waals surface area contributed by atoms with Crippen LogP contribution in [0.3, 0.4) is 0 Å². The van der Waals surface area contributed by atoms with Gasteiger partial charge in [0, 0.05) is 24.2 Å². The molecule has 7 rings (SSSR count). The number of benzene rings is 4. The van der Waals surface area contributed by atoms with Crippen molar-refractivity contribution in [1.29, 1.82) is 0 Å². The highest BCUT2D eigenvalue weighted by Crippen LogP contribution is 2.33. The van der Waals surface area contributed by atoms with E-state index in [1.807, 2.05) is 45.0 Å². The summed E-state index contributed by atoms with van der Waals surface area (Å²) >= 11 is 3.56. The maximum Gasteiger partial charge on any atom is 0.338 e. The van der Waals surface area contributed by atoms with Gasteiger partial charge in [0.1, 0.15) is 23.3 Å². The lowest BCUT2D eigenvalue weighted by atomic mass is 9.98. The maximum atomic E-state index is 12.9. The Morgan fingerprint density at radius 3 is 2.47 bits per heavy atom. The molecule has 2 atom stereocenters. The Balaban J connectivity index is 1.13. The van der Waals surface area contributed by atoms with Crippen LogP contribution in [-0.4, -0.2) is 45.3 Å². The molecule has 8 heteroatoms. The molecule has 4 aromatic carbocycles. The zero-order chi connectivity index (χ0) is 32.5. The number of aromatic nitrogens is 2. The normalized spacial score (nSPS) is 17.1. The Labute approximate surface area is 284 Å². The predicted octanol–water partition coefficient (Wildman–Crippen LogP) is 8.27. The predicted molar refractivity (Wildman–Crippen MR) is 187 cm³/mol. The minimum atomic E-state index is -0.561. The standard InChI is InChI=1S/C39H40BrN3O4/c1-39(2,3)47-38(44)29-12-16-34-35(22-29)43(24-33-18-20-45-33)36(41-34)25-42-19-17-26-11-15-32(21-30(26)23-42)46-37(27-7-5-4-6-8-27)28-9-13-31(40)14-10-28/h4-16,21-22,33,37H,17-20,23-25H2,1-3H3/t33-,37?/m0/s1. The fourth-order valence-electron chi connectivity index (χ4n) is 6.32. The zero-order valence-corrected chi connectivity index (χ0v) is 28.7. The minimum Gasteiger partial charge on any atom is -0.481 e. The fraction of sp³-hybridized carbons (Fsp3) is 0.333. The van der Waals surface area contributed by atoms with E-state index in [1.165, 1.54) is 11.1 Å². The van der Waals surface area contributed by atoms with Gasteiger partial charge in [0.15, 0.2) is 0 Å². The molecule has 7 nitrogen and oxygen atoms in total. The quantitative estimate of drug-likeness (QED) is 0.145. The second-order valence-electron chi connectivity index (χ2n) is 13.5. The summed E-state index contributed by atoms with van der Waals surface area (Å²) in [6.45, 7) is 9.58. The van der Waals surface area contributed by atoms with Gasteiger partial charge in [0.05, 0.1) is 35.8 Å². The third-order valence-electron chi connectivity index (χ3n) is 8.80. The van der Waals surface area contributed by atoms with Crippen LogP contribution < -0.4 is 4.74 Å². The molecule has 242 valence electrons. The van der Waals surface area contributed by atoms with Gasteiger partial charge < -0.3 is 18.8 Å². The van der Waals surface area contributed by atoms with E-state index in [1.54, 1.807) is 0 Å². The molecule has 0 bridgehead atoms. The van der Waals surface area contributed by atoms with E-state index in [9.17, 15) is 4.79 Å². The lowest BCUT2D eigenvalue weighted by Gasteiger charge is -2.31. The van der Waals surface area contributed by atoms with Crippen LogP contribution in [0.1, 0.15) is 71.7 Å². The minimum absolute atomic E-state index is 0.154. The average Bonchev–Trinajstić information content (AvgIpc) is 3.37. The van der Waals surface area contributed by atoms with Crippen LogP contribution in [0.15, 0.2) is 95.5 Å². The van der Waals surface area contributed by atoms with Crippen LogP contribution in [0.4, 0.5) is 0 Å². The van der Waals surface area contributed by atoms with E-state index in [4.69, 9.17) is 19.2 Å². The van der Waals surface area contributed by atoms with Crippen molar-refractivity contribution >= 4 is 32.9 Å². The van der Waals surface area contributed by atoms with E-state index in [0.29, 0.717) is 18.7 Å². The molecule has 0 spiro atoms. The molecular formula is C39H40BrN3O4. The third kappa shape index (κ3) is 7.30. The van der Waals surface area contributed by atoms with Crippen molar-refractivity contribution in [2.24, 2.45) is 0 Å². The number of hydrogen-bond donors (Lipinski definition) is 0. The van der Waals surface area contributed by atoms with Crippen molar-refractivity contribution in [3.63, 3.8) is 0 Å². The van der Waals surface area contributed by atoms with Gasteiger partial charge in [-0.05, 0) is 98.3 Å². The summed E-state index contributed by atoms with van der Waals surface area (Å²) < 4.78 is 21.5. The second kappa shape index (κ2) is 13.3. The number of rotatable bonds is 9. The molecule has 3 heterocycles. The van der Waals surface area contributed by atoms with Crippen LogP contribution in [-0.2, 0) is 35.5 Å². The van der Waals surface area contributed by atoms with E-state index in [2.05, 4.69) is 92.1 Å². The number of imidazole rings is 1. The number of halogens is 1. The number of ether oxygens (including phenoxy) is 3. The molecular weight excluding hydrogens is 654 g/mol. The first-order valence-electron chi connectivity index (χ1n) is 16.3. The molecule has 0 amide bonds. The Morgan fingerprint density at radius 1 is 0.979 bits per heavy atom. The molecule has 0 N–H and O–H groups in total. The number of esters is 1. The highest BCUT2D eigenvalue weighted by atomic mass is 79.9. The Bertz CT molecular complexity index is 1880. The van der Waals surface area contributed by atoms with E-state index >= 15 is 0 Å². The van der Waals surface area contributed by atoms with Crippen LogP contribution >= 0.6 is 15.9 Å². The molecule has 0 saturated carbocycles. The molecule has 1 unspecified atom stereocenters. The van der Waals surface area contributed by atoms with Gasteiger partial charge in [-0.15, -0.1) is 0 Å². The first kappa shape index (κ1) is 31.6. The van der Waals surface area contributed by atoms with Gasteiger partial charge in [-0.2, -0.15) is 0 Å². The van der Waals surface area contributed by atoms with Gasteiger partial charge >= 0.3 is 5.97 Å². The number of carbonyl (C=O) groups excluding carboxylic acids is 1. The van der Waals surface area contributed by atoms with Crippen LogP contribution in [0.2, 0.25) is 0 Å². The van der Waals surface area contributed by atoms with E-state index in [0.717, 1.165) is 70.7 Å². The molecule has 5 aromatic rings. The highest BCUT2D eigenvalue weighted by molar-refractivity contribution is 9.10. The summed E-state index contributed by atoms with van der Waals surface area (Å²) in [6, 6.07) is 30.9. The molecule has 0 aliphatic carbocycles. The Kier molecular flexibility index (Phi) is 8.92. The largest absolute Gasteiger partial charge is 0.481 e. The zero-order valence-electron chi connectivity index (χ0n) is 27.1. The molecule has 0 radical (unpaired) electrons. The lowest BCUT2D eigenvalue weighted by Crippen LogP contribution is -2.34. The molecule has 2 aliphatic rings. The third-order valence-corrected chi connectivity index (χ3v) is 9.33. The summed E-state index contributed by atoms with van der Waals surface area (Å²) in [5, 5.41) is 0. The number of hydrogen-bond acceptors (Lipinski definition) is 6. The SMILES string of the molecule is CC(C)(C)OC(=O)c1ccc2nc(CN3CCc4ccc(OC(c5ccccc5)c5ccc(Br)cc5)cc4C3)n(C[C@@H]3CCO3)c2c1. The van der Waals surface area contributed by atoms with Crippen molar-refractivity contribution in [3.05, 3.63) is 129 Å². The number of carbonyl (C=O) groups is 1. The van der Waals surface area contributed by atoms with Gasteiger partial charge in [0.2, 0.25) is 0 Å². The fourth-order valence-corrected chi connectivity index (χ4v) is 6.59. The van der Waals surface area contributed by atoms with Gasteiger partial charge in [-0.3, -0.25) is 4.90 Å². The first-order valence-corrected chi connectivity index (χ1v) is 17.1. The maximum absolute atomic E-state index is 12.9. The molecule has 2 aliphatic heterocycles. The van der Waals surface area contributed by atoms with E-state index in [-0.39, 0.29) is 18.2 Å². The smallest absolute Gasteiger partial charge is 0.338 e. The molecule has 1 fully saturated rings. The summed E-state index contributed by atoms with van der Waals surface area (Å²) in [5.74, 6) is 1.51. The summed E-state index contributed by atoms with van der Waals surface area (Å²) in [7, 11) is 0. The number of nitrogens with zero attached hydrogens (tertiary/aromatic N) is 3. The molecule has 1 saturated heterocycles. The lowest BCUT2D eigenvalue weighted by molar-refractivity contribution is -0.0592. The van der Waals surface area contributed by atoms with Crippen LogP contribution in [0, 0.1) is 0 Å². The van der Waals surface area contributed by atoms with Gasteiger partial charge in [0.25, 0.3) is 0 Å². The summed E-state index contributed by atoms with van der Waals surface area (Å²) in [6.07, 6.45) is 1.91. The van der Waals surface area contributed by atoms with Crippen LogP contribution in [0.5, 0.6) is 5.75 Å². The van der Waals surface area contributed by atoms with Gasteiger partial charge in [-0.25, -0.2) is 9.78 Å². The first-order chi connectivity index (χ1) is 22.7. The molecule has 47 heavy (non-hydrogen) atoms. The topological polar surface area (TPSA) is 65.8 Å². The van der Waals surface area contributed by atoms with Crippen molar-refractivity contribution in [2.45, 2.75) is 71.1 Å². The average molecular weight is 695 g/mol. The summed E-state index contributed by atoms with van der Waals surface area (Å²) in [5.41, 5.74) is 6.62. The van der Waals surface area contributed by atoms with Gasteiger partial charge in [-0.1, -0.05) is 64.5 Å². The Hall–Kier alpha value is -3.98. The second-order valence-corrected chi connectivity index (χ2v) is 14.4. The van der Waals surface area contributed by atoms with Crippen molar-refractivity contribution in [2.75, 3.05) is 13.2 Å². The van der Waals surface area contributed by atoms with Crippen molar-refractivity contribution < 1.29 is 19.0 Å². The molecule has 1 aromatic heterocycles.